The summed E-state index contributed by atoms with van der Waals surface area (Å²) in [6, 6.07) is 12.5. The molecule has 49 heavy (non-hydrogen) atoms. The Morgan fingerprint density at radius 1 is 1.00 bits per heavy atom. The standard InChI is InChI=1S/C35H55N3O9S.CH4/c1-5-7-16-35(6-2)22-48(46,47)29-15-14-25(38(3)4)19-26(29)31(34(35)45)23-11-10-12-24(18-23)37-30(42)13-8-9-17-36-20-27(40)32(43)33(44)28(41)21-39;/h10-12,14-15,18-19,27-28,31-34,36,39-41,43-45H,5-9,13,16-17,20-22H2,1-4H3,(H,37,42);1H4/t27-,28+,31+,32+,33+,34+,35+;/m0./s1. The van der Waals surface area contributed by atoms with Gasteiger partial charge in [-0.25, -0.2) is 8.42 Å². The third-order valence-corrected chi connectivity index (χ3v) is 11.5. The summed E-state index contributed by atoms with van der Waals surface area (Å²) in [5.74, 6) is -0.991. The number of aliphatic hydroxyl groups is 6. The van der Waals surface area contributed by atoms with Crippen molar-refractivity contribution in [3.63, 3.8) is 0 Å². The second-order valence-electron chi connectivity index (χ2n) is 13.3. The highest BCUT2D eigenvalue weighted by molar-refractivity contribution is 7.91. The van der Waals surface area contributed by atoms with Gasteiger partial charge in [-0.15, -0.1) is 0 Å². The molecule has 1 aliphatic heterocycles. The van der Waals surface area contributed by atoms with Crippen LogP contribution in [0.25, 0.3) is 0 Å². The second-order valence-corrected chi connectivity index (χ2v) is 15.2. The van der Waals surface area contributed by atoms with Gasteiger partial charge in [0.15, 0.2) is 9.84 Å². The topological polar surface area (TPSA) is 200 Å². The molecular formula is C36H59N3O9S. The molecule has 0 saturated carbocycles. The molecule has 0 fully saturated rings. The molecule has 0 aliphatic carbocycles. The van der Waals surface area contributed by atoms with Gasteiger partial charge >= 0.3 is 0 Å². The van der Waals surface area contributed by atoms with Crippen molar-refractivity contribution in [2.75, 3.05) is 49.8 Å². The molecule has 7 atom stereocenters. The van der Waals surface area contributed by atoms with Crippen molar-refractivity contribution in [1.82, 2.24) is 5.32 Å². The summed E-state index contributed by atoms with van der Waals surface area (Å²) >= 11 is 0. The van der Waals surface area contributed by atoms with Crippen LogP contribution in [0.3, 0.4) is 0 Å². The van der Waals surface area contributed by atoms with Gasteiger partial charge in [-0.05, 0) is 73.7 Å². The SMILES string of the molecule is C.CCCC[C@]1(CC)CS(=O)(=O)c2ccc(N(C)C)cc2[C@@H](c2cccc(NC(=O)CCCCNC[C@H](O)[C@@H](O)[C@H](O)[C@H](O)CO)c2)[C@H]1O. The van der Waals surface area contributed by atoms with E-state index in [1.54, 1.807) is 24.3 Å². The molecule has 278 valence electrons. The lowest BCUT2D eigenvalue weighted by Crippen LogP contribution is -2.49. The number of carbonyl (C=O) groups is 1. The fourth-order valence-electron chi connectivity index (χ4n) is 6.51. The quantitative estimate of drug-likeness (QED) is 0.106. The van der Waals surface area contributed by atoms with Gasteiger partial charge in [-0.2, -0.15) is 0 Å². The van der Waals surface area contributed by atoms with E-state index < -0.39 is 58.3 Å². The van der Waals surface area contributed by atoms with Crippen LogP contribution < -0.4 is 15.5 Å². The van der Waals surface area contributed by atoms with Crippen molar-refractivity contribution in [2.24, 2.45) is 5.41 Å². The van der Waals surface area contributed by atoms with Crippen molar-refractivity contribution in [2.45, 2.75) is 108 Å². The normalized spacial score (nSPS) is 22.5. The first kappa shape index (κ1) is 42.5. The molecule has 1 amide bonds. The molecular weight excluding hydrogens is 650 g/mol. The molecule has 1 aliphatic rings. The molecule has 0 aromatic heterocycles. The molecule has 2 aromatic rings. The lowest BCUT2D eigenvalue weighted by molar-refractivity contribution is -0.116. The predicted octanol–water partition coefficient (Wildman–Crippen LogP) is 2.39. The zero-order valence-corrected chi connectivity index (χ0v) is 29.4. The fraction of sp³-hybridized carbons (Fsp3) is 0.639. The number of hydrogen-bond acceptors (Lipinski definition) is 11. The number of aliphatic hydroxyl groups excluding tert-OH is 6. The molecule has 13 heteroatoms. The average molecular weight is 710 g/mol. The molecule has 0 unspecified atom stereocenters. The van der Waals surface area contributed by atoms with Gasteiger partial charge in [0.05, 0.1) is 29.5 Å². The summed E-state index contributed by atoms with van der Waals surface area (Å²) in [4.78, 5) is 15.0. The maximum Gasteiger partial charge on any atom is 0.224 e. The summed E-state index contributed by atoms with van der Waals surface area (Å²) in [6.07, 6.45) is -3.17. The highest BCUT2D eigenvalue weighted by Gasteiger charge is 2.49. The Bertz CT molecular complexity index is 1440. The Kier molecular flexibility index (Phi) is 16.6. The minimum atomic E-state index is -3.72. The molecule has 1 heterocycles. The lowest BCUT2D eigenvalue weighted by Gasteiger charge is -2.39. The van der Waals surface area contributed by atoms with E-state index in [-0.39, 0.29) is 36.9 Å². The van der Waals surface area contributed by atoms with E-state index >= 15 is 0 Å². The van der Waals surface area contributed by atoms with Crippen LogP contribution in [-0.4, -0.2) is 115 Å². The van der Waals surface area contributed by atoms with Crippen LogP contribution in [0.2, 0.25) is 0 Å². The van der Waals surface area contributed by atoms with Gasteiger partial charge in [0.1, 0.15) is 18.3 Å². The molecule has 0 saturated heterocycles. The van der Waals surface area contributed by atoms with Crippen molar-refractivity contribution in [1.29, 1.82) is 0 Å². The van der Waals surface area contributed by atoms with Crippen molar-refractivity contribution in [3.8, 4) is 0 Å². The van der Waals surface area contributed by atoms with E-state index in [0.29, 0.717) is 49.0 Å². The Hall–Kier alpha value is -2.62. The van der Waals surface area contributed by atoms with Crippen LogP contribution >= 0.6 is 0 Å². The number of nitrogens with zero attached hydrogens (tertiary/aromatic N) is 1. The molecule has 2 aromatic carbocycles. The minimum absolute atomic E-state index is 0. The van der Waals surface area contributed by atoms with Gasteiger partial charge in [0.25, 0.3) is 0 Å². The summed E-state index contributed by atoms with van der Waals surface area (Å²) in [5, 5.41) is 66.0. The maximum atomic E-state index is 13.9. The number of rotatable bonds is 18. The summed E-state index contributed by atoms with van der Waals surface area (Å²) in [6.45, 7) is 3.62. The first-order valence-corrected chi connectivity index (χ1v) is 18.5. The third kappa shape index (κ3) is 10.7. The smallest absolute Gasteiger partial charge is 0.224 e. The minimum Gasteiger partial charge on any atom is -0.394 e. The lowest BCUT2D eigenvalue weighted by atomic mass is 9.69. The number of sulfone groups is 1. The highest BCUT2D eigenvalue weighted by atomic mass is 32.2. The molecule has 0 radical (unpaired) electrons. The van der Waals surface area contributed by atoms with Crippen LogP contribution in [0, 0.1) is 5.41 Å². The first-order valence-electron chi connectivity index (χ1n) is 16.9. The van der Waals surface area contributed by atoms with E-state index in [1.165, 1.54) is 0 Å². The largest absolute Gasteiger partial charge is 0.394 e. The second kappa shape index (κ2) is 19.1. The van der Waals surface area contributed by atoms with Crippen LogP contribution in [-0.2, 0) is 14.6 Å². The number of nitrogens with one attached hydrogen (secondary N) is 2. The number of amides is 1. The van der Waals surface area contributed by atoms with Gasteiger partial charge in [0.2, 0.25) is 5.91 Å². The number of anilines is 2. The van der Waals surface area contributed by atoms with E-state index in [4.69, 9.17) is 5.11 Å². The Labute approximate surface area is 292 Å². The van der Waals surface area contributed by atoms with Crippen molar-refractivity contribution >= 4 is 27.1 Å². The first-order chi connectivity index (χ1) is 22.7. The van der Waals surface area contributed by atoms with Crippen molar-refractivity contribution in [3.05, 3.63) is 53.6 Å². The van der Waals surface area contributed by atoms with E-state index in [0.717, 1.165) is 18.5 Å². The summed E-state index contributed by atoms with van der Waals surface area (Å²) < 4.78 is 27.8. The maximum absolute atomic E-state index is 13.9. The fourth-order valence-corrected chi connectivity index (χ4v) is 8.76. The van der Waals surface area contributed by atoms with Crippen LogP contribution in [0.1, 0.15) is 83.3 Å². The molecule has 12 nitrogen and oxygen atoms in total. The Balaban J connectivity index is 0.00000833. The number of unbranched alkanes of at least 4 members (excludes halogenated alkanes) is 2. The van der Waals surface area contributed by atoms with Crippen LogP contribution in [0.15, 0.2) is 47.4 Å². The van der Waals surface area contributed by atoms with Gasteiger partial charge < -0.3 is 46.2 Å². The van der Waals surface area contributed by atoms with Gasteiger partial charge in [-0.1, -0.05) is 46.2 Å². The van der Waals surface area contributed by atoms with Crippen molar-refractivity contribution < 1.29 is 43.9 Å². The predicted molar refractivity (Wildman–Crippen MR) is 193 cm³/mol. The molecule has 8 N–H and O–H groups in total. The number of benzene rings is 2. The zero-order chi connectivity index (χ0) is 35.6. The van der Waals surface area contributed by atoms with Gasteiger partial charge in [0, 0.05) is 49.8 Å². The zero-order valence-electron chi connectivity index (χ0n) is 28.5. The number of hydrogen-bond donors (Lipinski definition) is 8. The highest BCUT2D eigenvalue weighted by Crippen LogP contribution is 2.49. The van der Waals surface area contributed by atoms with E-state index in [1.807, 2.05) is 44.1 Å². The van der Waals surface area contributed by atoms with Crippen LogP contribution in [0.4, 0.5) is 11.4 Å². The van der Waals surface area contributed by atoms with Crippen LogP contribution in [0.5, 0.6) is 0 Å². The Morgan fingerprint density at radius 3 is 2.33 bits per heavy atom. The van der Waals surface area contributed by atoms with Gasteiger partial charge in [-0.3, -0.25) is 4.79 Å². The molecule has 0 bridgehead atoms. The average Bonchev–Trinajstić information content (AvgIpc) is 3.13. The monoisotopic (exact) mass is 709 g/mol. The molecule has 3 rings (SSSR count). The third-order valence-electron chi connectivity index (χ3n) is 9.55. The number of fused-ring (bicyclic) bond motifs is 1. The van der Waals surface area contributed by atoms with E-state index in [9.17, 15) is 38.7 Å². The summed E-state index contributed by atoms with van der Waals surface area (Å²) in [7, 11) is 0.0475. The number of carbonyl (C=O) groups excluding carboxylic acids is 1. The summed E-state index contributed by atoms with van der Waals surface area (Å²) in [5.41, 5.74) is 1.77. The molecule has 0 spiro atoms. The van der Waals surface area contributed by atoms with E-state index in [2.05, 4.69) is 17.6 Å². The Morgan fingerprint density at radius 2 is 1.69 bits per heavy atom.